The van der Waals surface area contributed by atoms with Gasteiger partial charge in [-0.05, 0) is 44.5 Å². The molecule has 3 rings (SSSR count). The third-order valence-electron chi connectivity index (χ3n) is 3.70. The molecule has 0 spiro atoms. The molecule has 6 heteroatoms. The van der Waals surface area contributed by atoms with E-state index in [-0.39, 0.29) is 11.9 Å². The second kappa shape index (κ2) is 5.54. The molecule has 0 radical (unpaired) electrons. The van der Waals surface area contributed by atoms with Gasteiger partial charge in [0.2, 0.25) is 0 Å². The fourth-order valence-corrected chi connectivity index (χ4v) is 3.04. The molecule has 3 N–H and O–H groups in total. The zero-order valence-electron chi connectivity index (χ0n) is 11.2. The van der Waals surface area contributed by atoms with Gasteiger partial charge >= 0.3 is 0 Å². The van der Waals surface area contributed by atoms with E-state index in [2.05, 4.69) is 43.7 Å². The summed E-state index contributed by atoms with van der Waals surface area (Å²) in [6, 6.07) is 6.42. The summed E-state index contributed by atoms with van der Waals surface area (Å²) in [5, 5.41) is 14.4. The first-order valence-electron chi connectivity index (χ1n) is 6.81. The highest BCUT2D eigenvalue weighted by Gasteiger charge is 2.22. The monoisotopic (exact) mass is 336 g/mol. The van der Waals surface area contributed by atoms with Gasteiger partial charge in [0.1, 0.15) is 0 Å². The van der Waals surface area contributed by atoms with Crippen LogP contribution in [0, 0.1) is 0 Å². The lowest BCUT2D eigenvalue weighted by Gasteiger charge is -2.28. The summed E-state index contributed by atoms with van der Waals surface area (Å²) >= 11 is 3.43. The molecular weight excluding hydrogens is 320 g/mol. The van der Waals surface area contributed by atoms with Crippen LogP contribution in [-0.2, 0) is 0 Å². The Kier molecular flexibility index (Phi) is 3.76. The van der Waals surface area contributed by atoms with Crippen LogP contribution in [0.15, 0.2) is 22.7 Å². The van der Waals surface area contributed by atoms with E-state index >= 15 is 0 Å². The molecule has 2 heterocycles. The van der Waals surface area contributed by atoms with E-state index in [1.807, 2.05) is 18.2 Å². The van der Waals surface area contributed by atoms with Crippen molar-refractivity contribution in [3.05, 3.63) is 28.4 Å². The molecule has 2 atom stereocenters. The average molecular weight is 337 g/mol. The lowest BCUT2D eigenvalue weighted by atomic mass is 10.0. The maximum Gasteiger partial charge on any atom is 0.272 e. The zero-order valence-corrected chi connectivity index (χ0v) is 12.8. The number of piperidine rings is 1. The Balaban J connectivity index is 1.80. The number of hydrogen-bond acceptors (Lipinski definition) is 3. The van der Waals surface area contributed by atoms with Gasteiger partial charge in [0.25, 0.3) is 5.91 Å². The molecule has 20 heavy (non-hydrogen) atoms. The first kappa shape index (κ1) is 13.6. The van der Waals surface area contributed by atoms with Crippen molar-refractivity contribution in [1.82, 2.24) is 20.8 Å². The second-order valence-corrected chi connectivity index (χ2v) is 6.23. The molecule has 0 bridgehead atoms. The van der Waals surface area contributed by atoms with Crippen LogP contribution in [0.25, 0.3) is 10.9 Å². The van der Waals surface area contributed by atoms with Crippen molar-refractivity contribution in [1.29, 1.82) is 0 Å². The number of fused-ring (bicyclic) bond motifs is 1. The number of aromatic amines is 1. The number of carbonyl (C=O) groups excluding carboxylic acids is 1. The number of aromatic nitrogens is 2. The smallest absolute Gasteiger partial charge is 0.272 e. The molecule has 1 fully saturated rings. The van der Waals surface area contributed by atoms with Crippen LogP contribution >= 0.6 is 15.9 Å². The van der Waals surface area contributed by atoms with Gasteiger partial charge < -0.3 is 10.6 Å². The highest BCUT2D eigenvalue weighted by Crippen LogP contribution is 2.21. The van der Waals surface area contributed by atoms with Crippen molar-refractivity contribution in [2.75, 3.05) is 6.54 Å². The molecule has 1 amide bonds. The van der Waals surface area contributed by atoms with Crippen molar-refractivity contribution in [3.8, 4) is 0 Å². The molecule has 0 saturated carbocycles. The molecule has 5 nitrogen and oxygen atoms in total. The fraction of sp³-hybridized carbons (Fsp3) is 0.429. The Morgan fingerprint density at radius 2 is 2.35 bits per heavy atom. The molecule has 1 saturated heterocycles. The Hall–Kier alpha value is -1.40. The minimum absolute atomic E-state index is 0.103. The van der Waals surface area contributed by atoms with Crippen molar-refractivity contribution < 1.29 is 4.79 Å². The number of amides is 1. The van der Waals surface area contributed by atoms with Crippen LogP contribution in [0.2, 0.25) is 0 Å². The second-order valence-electron chi connectivity index (χ2n) is 5.31. The standard InChI is InChI=1S/C14H17BrN4O/c1-8-6-10(4-5-16-8)17-14(20)13-11-7-9(15)2-3-12(11)18-19-13/h2-3,7-8,10,16H,4-6H2,1H3,(H,17,20)(H,18,19). The number of H-pyrrole nitrogens is 1. The Morgan fingerprint density at radius 3 is 3.15 bits per heavy atom. The van der Waals surface area contributed by atoms with Crippen LogP contribution in [0.3, 0.4) is 0 Å². The summed E-state index contributed by atoms with van der Waals surface area (Å²) in [6.07, 6.45) is 1.92. The Morgan fingerprint density at radius 1 is 1.50 bits per heavy atom. The largest absolute Gasteiger partial charge is 0.348 e. The summed E-state index contributed by atoms with van der Waals surface area (Å²) in [6.45, 7) is 3.08. The van der Waals surface area contributed by atoms with Gasteiger partial charge in [-0.1, -0.05) is 15.9 Å². The summed E-state index contributed by atoms with van der Waals surface area (Å²) in [5.74, 6) is -0.103. The van der Waals surface area contributed by atoms with Crippen LogP contribution in [0.4, 0.5) is 0 Å². The summed E-state index contributed by atoms with van der Waals surface area (Å²) in [5.41, 5.74) is 1.34. The number of nitrogens with zero attached hydrogens (tertiary/aromatic N) is 1. The van der Waals surface area contributed by atoms with Crippen LogP contribution in [0.1, 0.15) is 30.3 Å². The van der Waals surface area contributed by atoms with Gasteiger partial charge in [0, 0.05) is 21.9 Å². The predicted octanol–water partition coefficient (Wildman–Crippen LogP) is 2.20. The van der Waals surface area contributed by atoms with Crippen molar-refractivity contribution in [2.24, 2.45) is 0 Å². The summed E-state index contributed by atoms with van der Waals surface area (Å²) in [4.78, 5) is 12.4. The van der Waals surface area contributed by atoms with Gasteiger partial charge in [-0.2, -0.15) is 5.10 Å². The predicted molar refractivity (Wildman–Crippen MR) is 81.7 cm³/mol. The number of benzene rings is 1. The molecule has 1 aliphatic rings. The van der Waals surface area contributed by atoms with E-state index in [9.17, 15) is 4.79 Å². The third kappa shape index (κ3) is 2.71. The van der Waals surface area contributed by atoms with Crippen molar-refractivity contribution >= 4 is 32.7 Å². The number of rotatable bonds is 2. The third-order valence-corrected chi connectivity index (χ3v) is 4.19. The number of nitrogens with one attached hydrogen (secondary N) is 3. The Labute approximate surface area is 125 Å². The molecule has 1 aromatic heterocycles. The van der Waals surface area contributed by atoms with Crippen LogP contribution in [-0.4, -0.2) is 34.7 Å². The lowest BCUT2D eigenvalue weighted by Crippen LogP contribution is -2.46. The maximum atomic E-state index is 12.4. The van der Waals surface area contributed by atoms with Crippen LogP contribution < -0.4 is 10.6 Å². The molecular formula is C14H17BrN4O. The molecule has 106 valence electrons. The van der Waals surface area contributed by atoms with E-state index < -0.39 is 0 Å². The van der Waals surface area contributed by atoms with Crippen LogP contribution in [0.5, 0.6) is 0 Å². The Bertz CT molecular complexity index is 639. The minimum Gasteiger partial charge on any atom is -0.348 e. The highest BCUT2D eigenvalue weighted by atomic mass is 79.9. The van der Waals surface area contributed by atoms with Gasteiger partial charge in [0.15, 0.2) is 5.69 Å². The van der Waals surface area contributed by atoms with Gasteiger partial charge in [0.05, 0.1) is 5.52 Å². The summed E-state index contributed by atoms with van der Waals surface area (Å²) < 4.78 is 0.941. The van der Waals surface area contributed by atoms with E-state index in [4.69, 9.17) is 0 Å². The maximum absolute atomic E-state index is 12.4. The van der Waals surface area contributed by atoms with E-state index in [0.29, 0.717) is 11.7 Å². The summed E-state index contributed by atoms with van der Waals surface area (Å²) in [7, 11) is 0. The topological polar surface area (TPSA) is 69.8 Å². The molecule has 1 aliphatic heterocycles. The number of carbonyl (C=O) groups is 1. The first-order chi connectivity index (χ1) is 9.63. The number of hydrogen-bond donors (Lipinski definition) is 3. The van der Waals surface area contributed by atoms with Crippen molar-refractivity contribution in [2.45, 2.75) is 31.8 Å². The van der Waals surface area contributed by atoms with E-state index in [1.165, 1.54) is 0 Å². The first-order valence-corrected chi connectivity index (χ1v) is 7.60. The molecule has 2 unspecified atom stereocenters. The lowest BCUT2D eigenvalue weighted by molar-refractivity contribution is 0.0922. The van der Waals surface area contributed by atoms with Gasteiger partial charge in [-0.25, -0.2) is 0 Å². The number of halogens is 1. The van der Waals surface area contributed by atoms with Gasteiger partial charge in [-0.3, -0.25) is 9.89 Å². The van der Waals surface area contributed by atoms with E-state index in [1.54, 1.807) is 0 Å². The normalized spacial score (nSPS) is 22.9. The highest BCUT2D eigenvalue weighted by molar-refractivity contribution is 9.10. The van der Waals surface area contributed by atoms with E-state index in [0.717, 1.165) is 34.8 Å². The fourth-order valence-electron chi connectivity index (χ4n) is 2.68. The average Bonchev–Trinajstić information content (AvgIpc) is 2.81. The minimum atomic E-state index is -0.103. The quantitative estimate of drug-likeness (QED) is 0.787. The zero-order chi connectivity index (χ0) is 14.1. The molecule has 1 aromatic carbocycles. The molecule has 0 aliphatic carbocycles. The van der Waals surface area contributed by atoms with Crippen molar-refractivity contribution in [3.63, 3.8) is 0 Å². The molecule has 2 aromatic rings. The van der Waals surface area contributed by atoms with Gasteiger partial charge in [-0.15, -0.1) is 0 Å². The SMILES string of the molecule is CC1CC(NC(=O)c2n[nH]c3ccc(Br)cc23)CCN1.